The van der Waals surface area contributed by atoms with Crippen LogP contribution in [0.1, 0.15) is 5.56 Å². The number of hydrogen-bond donors (Lipinski definition) is 2. The van der Waals surface area contributed by atoms with Gasteiger partial charge in [0.2, 0.25) is 0 Å². The molecular formula is C10H12ClF2NO. The molecule has 0 saturated heterocycles. The average Bonchev–Trinajstić information content (AvgIpc) is 2.23. The summed E-state index contributed by atoms with van der Waals surface area (Å²) in [6.45, 7) is 1.55. The number of benzene rings is 1. The van der Waals surface area contributed by atoms with Gasteiger partial charge in [0.1, 0.15) is 11.5 Å². The normalized spacial score (nSPS) is 12.6. The minimum atomic E-state index is -0.828. The molecule has 0 aliphatic rings. The van der Waals surface area contributed by atoms with E-state index < -0.39 is 17.7 Å². The van der Waals surface area contributed by atoms with Crippen LogP contribution in [-0.2, 0) is 0 Å². The van der Waals surface area contributed by atoms with Gasteiger partial charge in [-0.15, -0.1) is 11.6 Å². The topological polar surface area (TPSA) is 32.3 Å². The Kier molecular flexibility index (Phi) is 4.29. The second-order valence-electron chi connectivity index (χ2n) is 3.24. The molecule has 0 aliphatic heterocycles. The molecule has 0 saturated carbocycles. The summed E-state index contributed by atoms with van der Waals surface area (Å²) in [5.41, 5.74) is 0.124. The lowest BCUT2D eigenvalue weighted by Crippen LogP contribution is -2.22. The highest BCUT2D eigenvalue weighted by Crippen LogP contribution is 2.21. The molecule has 2 N–H and O–H groups in total. The average molecular weight is 236 g/mol. The third-order valence-electron chi connectivity index (χ3n) is 1.98. The quantitative estimate of drug-likeness (QED) is 0.785. The Balaban J connectivity index is 2.80. The van der Waals surface area contributed by atoms with E-state index in [4.69, 9.17) is 16.7 Å². The Hall–Kier alpha value is -0.870. The van der Waals surface area contributed by atoms with Crippen LogP contribution in [0.4, 0.5) is 14.5 Å². The maximum Gasteiger partial charge on any atom is 0.152 e. The molecular weight excluding hydrogens is 224 g/mol. The van der Waals surface area contributed by atoms with Crippen molar-refractivity contribution in [3.63, 3.8) is 0 Å². The fourth-order valence-corrected chi connectivity index (χ4v) is 1.20. The predicted molar refractivity (Wildman–Crippen MR) is 56.3 cm³/mol. The first-order chi connectivity index (χ1) is 7.06. The lowest BCUT2D eigenvalue weighted by Gasteiger charge is -2.12. The van der Waals surface area contributed by atoms with E-state index in [1.165, 1.54) is 19.1 Å². The molecule has 1 rings (SSSR count). The van der Waals surface area contributed by atoms with Crippen molar-refractivity contribution >= 4 is 17.3 Å². The van der Waals surface area contributed by atoms with Crippen LogP contribution in [0.15, 0.2) is 12.1 Å². The zero-order valence-corrected chi connectivity index (χ0v) is 8.98. The van der Waals surface area contributed by atoms with Crippen molar-refractivity contribution in [3.05, 3.63) is 29.3 Å². The molecule has 1 atom stereocenters. The Bertz CT molecular complexity index is 346. The minimum Gasteiger partial charge on any atom is -0.390 e. The molecule has 1 aromatic rings. The van der Waals surface area contributed by atoms with Crippen LogP contribution in [0.2, 0.25) is 0 Å². The van der Waals surface area contributed by atoms with E-state index in [2.05, 4.69) is 5.32 Å². The van der Waals surface area contributed by atoms with E-state index in [1.807, 2.05) is 0 Å². The van der Waals surface area contributed by atoms with Gasteiger partial charge in [-0.1, -0.05) is 6.07 Å². The van der Waals surface area contributed by atoms with Gasteiger partial charge >= 0.3 is 0 Å². The van der Waals surface area contributed by atoms with Gasteiger partial charge in [-0.2, -0.15) is 0 Å². The minimum absolute atomic E-state index is 0.0147. The molecule has 0 heterocycles. The van der Waals surface area contributed by atoms with E-state index >= 15 is 0 Å². The molecule has 0 aliphatic carbocycles. The first-order valence-electron chi connectivity index (χ1n) is 4.48. The van der Waals surface area contributed by atoms with Crippen LogP contribution >= 0.6 is 11.6 Å². The fraction of sp³-hybridized carbons (Fsp3) is 0.400. The number of aliphatic hydroxyl groups excluding tert-OH is 1. The Morgan fingerprint density at radius 2 is 2.13 bits per heavy atom. The van der Waals surface area contributed by atoms with Crippen LogP contribution in [0.25, 0.3) is 0 Å². The molecule has 0 fully saturated rings. The summed E-state index contributed by atoms with van der Waals surface area (Å²) in [7, 11) is 0. The first-order valence-corrected chi connectivity index (χ1v) is 5.02. The lowest BCUT2D eigenvalue weighted by molar-refractivity contribution is 0.211. The Morgan fingerprint density at radius 1 is 1.47 bits per heavy atom. The van der Waals surface area contributed by atoms with Crippen molar-refractivity contribution in [1.29, 1.82) is 0 Å². The molecule has 0 aromatic heterocycles. The fourth-order valence-electron chi connectivity index (χ4n) is 1.09. The third kappa shape index (κ3) is 3.04. The van der Waals surface area contributed by atoms with Gasteiger partial charge in [-0.3, -0.25) is 0 Å². The Morgan fingerprint density at radius 3 is 2.73 bits per heavy atom. The molecule has 0 radical (unpaired) electrons. The van der Waals surface area contributed by atoms with Crippen molar-refractivity contribution in [2.75, 3.05) is 17.7 Å². The first kappa shape index (κ1) is 12.2. The Labute approximate surface area is 91.9 Å². The highest BCUT2D eigenvalue weighted by molar-refractivity contribution is 6.18. The van der Waals surface area contributed by atoms with Gasteiger partial charge in [0.25, 0.3) is 0 Å². The van der Waals surface area contributed by atoms with Crippen molar-refractivity contribution in [2.24, 2.45) is 0 Å². The van der Waals surface area contributed by atoms with E-state index in [0.717, 1.165) is 0 Å². The highest BCUT2D eigenvalue weighted by Gasteiger charge is 2.12. The van der Waals surface area contributed by atoms with Gasteiger partial charge in [-0.25, -0.2) is 8.78 Å². The number of aryl methyl sites for hydroxylation is 1. The zero-order valence-electron chi connectivity index (χ0n) is 8.23. The van der Waals surface area contributed by atoms with E-state index in [0.29, 0.717) is 5.56 Å². The largest absolute Gasteiger partial charge is 0.390 e. The zero-order chi connectivity index (χ0) is 11.4. The third-order valence-corrected chi connectivity index (χ3v) is 2.33. The molecule has 2 nitrogen and oxygen atoms in total. The van der Waals surface area contributed by atoms with E-state index in [-0.39, 0.29) is 18.1 Å². The maximum absolute atomic E-state index is 13.4. The van der Waals surface area contributed by atoms with Gasteiger partial charge in [0.05, 0.1) is 12.0 Å². The number of hydrogen-bond acceptors (Lipinski definition) is 2. The molecule has 0 spiro atoms. The number of alkyl halides is 1. The summed E-state index contributed by atoms with van der Waals surface area (Å²) in [4.78, 5) is 0. The van der Waals surface area contributed by atoms with Crippen LogP contribution < -0.4 is 5.32 Å². The van der Waals surface area contributed by atoms with Crippen molar-refractivity contribution < 1.29 is 13.9 Å². The molecule has 15 heavy (non-hydrogen) atoms. The standard InChI is InChI=1S/C10H12ClF2NO/c1-6-2-3-8(12)10(9(6)13)14-5-7(15)4-11/h2-3,7,14-15H,4-5H2,1H3. The molecule has 1 unspecified atom stereocenters. The van der Waals surface area contributed by atoms with Crippen molar-refractivity contribution in [3.8, 4) is 0 Å². The van der Waals surface area contributed by atoms with E-state index in [1.54, 1.807) is 0 Å². The van der Waals surface area contributed by atoms with Crippen LogP contribution in [-0.4, -0.2) is 23.6 Å². The summed E-state index contributed by atoms with van der Waals surface area (Å²) in [6.07, 6.45) is -0.828. The summed E-state index contributed by atoms with van der Waals surface area (Å²) in [6, 6.07) is 2.53. The number of aliphatic hydroxyl groups is 1. The summed E-state index contributed by atoms with van der Waals surface area (Å²) in [5.74, 6) is -1.31. The van der Waals surface area contributed by atoms with E-state index in [9.17, 15) is 8.78 Å². The van der Waals surface area contributed by atoms with Gasteiger partial charge in [0.15, 0.2) is 5.82 Å². The van der Waals surface area contributed by atoms with Gasteiger partial charge < -0.3 is 10.4 Å². The second kappa shape index (κ2) is 5.28. The van der Waals surface area contributed by atoms with Crippen LogP contribution in [0.5, 0.6) is 0 Å². The summed E-state index contributed by atoms with van der Waals surface area (Å²) < 4.78 is 26.6. The molecule has 5 heteroatoms. The van der Waals surface area contributed by atoms with Crippen LogP contribution in [0, 0.1) is 18.6 Å². The smallest absolute Gasteiger partial charge is 0.152 e. The van der Waals surface area contributed by atoms with Gasteiger partial charge in [-0.05, 0) is 18.6 Å². The number of anilines is 1. The number of rotatable bonds is 4. The van der Waals surface area contributed by atoms with Crippen molar-refractivity contribution in [2.45, 2.75) is 13.0 Å². The second-order valence-corrected chi connectivity index (χ2v) is 3.55. The molecule has 84 valence electrons. The SMILES string of the molecule is Cc1ccc(F)c(NCC(O)CCl)c1F. The molecule has 1 aromatic carbocycles. The maximum atomic E-state index is 13.4. The summed E-state index contributed by atoms with van der Waals surface area (Å²) >= 11 is 5.35. The molecule has 0 bridgehead atoms. The molecule has 0 amide bonds. The van der Waals surface area contributed by atoms with Crippen molar-refractivity contribution in [1.82, 2.24) is 0 Å². The highest BCUT2D eigenvalue weighted by atomic mass is 35.5. The van der Waals surface area contributed by atoms with Gasteiger partial charge in [0, 0.05) is 6.54 Å². The lowest BCUT2D eigenvalue weighted by atomic mass is 10.2. The predicted octanol–water partition coefficient (Wildman–Crippen LogP) is 2.28. The monoisotopic (exact) mass is 235 g/mol. The number of halogens is 3. The number of nitrogens with one attached hydrogen (secondary N) is 1. The van der Waals surface area contributed by atoms with Crippen LogP contribution in [0.3, 0.4) is 0 Å². The summed E-state index contributed by atoms with van der Waals surface area (Å²) in [5, 5.41) is 11.6.